The van der Waals surface area contributed by atoms with E-state index in [0.29, 0.717) is 18.7 Å². The molecule has 4 aromatic rings. The lowest BCUT2D eigenvalue weighted by molar-refractivity contribution is -0.118. The number of benzene rings is 4. The fraction of sp³-hybridized carbons (Fsp3) is 0.333. The van der Waals surface area contributed by atoms with Crippen LogP contribution in [0.15, 0.2) is 103 Å². The zero-order valence-electron chi connectivity index (χ0n) is 26.8. The second kappa shape index (κ2) is 15.8. The number of methoxy groups -OCH3 is 1. The Morgan fingerprint density at radius 1 is 0.851 bits per heavy atom. The molecule has 2 amide bonds. The predicted molar refractivity (Wildman–Crippen MR) is 183 cm³/mol. The van der Waals surface area contributed by atoms with Gasteiger partial charge in [0.15, 0.2) is 0 Å². The summed E-state index contributed by atoms with van der Waals surface area (Å²) >= 11 is 0. The van der Waals surface area contributed by atoms with Gasteiger partial charge in [0.1, 0.15) is 24.5 Å². The Morgan fingerprint density at radius 3 is 2.30 bits per heavy atom. The molecule has 4 aromatic carbocycles. The van der Waals surface area contributed by atoms with E-state index in [1.807, 2.05) is 84.9 Å². The summed E-state index contributed by atoms with van der Waals surface area (Å²) < 4.78 is 17.7. The zero-order valence-corrected chi connectivity index (χ0v) is 26.8. The lowest BCUT2D eigenvalue weighted by Crippen LogP contribution is -2.48. The number of nitrogens with one attached hydrogen (secondary N) is 3. The lowest BCUT2D eigenvalue weighted by Gasteiger charge is -2.31. The van der Waals surface area contributed by atoms with Gasteiger partial charge in [-0.1, -0.05) is 91.0 Å². The van der Waals surface area contributed by atoms with Crippen LogP contribution < -0.4 is 20.7 Å². The number of anilines is 1. The number of rotatable bonds is 12. The number of hydrogen-bond acceptors (Lipinski definition) is 6. The van der Waals surface area contributed by atoms with Crippen molar-refractivity contribution in [2.75, 3.05) is 32.1 Å². The summed E-state index contributed by atoms with van der Waals surface area (Å²) in [5, 5.41) is 9.46. The molecule has 0 radical (unpaired) electrons. The number of ether oxygens (including phenoxy) is 3. The Bertz CT molecular complexity index is 1590. The standard InChI is InChI=1S/C39H43N3O5/c1-45-39(44)42-37(36(29-13-4-2-5-14-29)30-15-6-3-7-16-30)38(43)41-34-20-9-8-12-28(34)22-23-31-24-40-25-32(47-31)26-46-35-21-11-18-27-17-10-19-33(27)35/h2-9,11-16,18,20-21,31-32,36-37,40H,10,17,19,22-26H2,1H3,(H,41,43)(H,42,44)/t31?,32-,37?/m0/s1. The van der Waals surface area contributed by atoms with Gasteiger partial charge < -0.3 is 30.2 Å². The molecule has 0 spiro atoms. The summed E-state index contributed by atoms with van der Waals surface area (Å²) in [4.78, 5) is 26.6. The summed E-state index contributed by atoms with van der Waals surface area (Å²) in [6.45, 7) is 2.01. The molecule has 1 saturated heterocycles. The van der Waals surface area contributed by atoms with E-state index in [1.54, 1.807) is 0 Å². The molecule has 0 aromatic heterocycles. The van der Waals surface area contributed by atoms with E-state index in [-0.39, 0.29) is 18.1 Å². The molecule has 8 nitrogen and oxygen atoms in total. The van der Waals surface area contributed by atoms with Gasteiger partial charge in [-0.15, -0.1) is 0 Å². The molecule has 3 atom stereocenters. The third-order valence-corrected chi connectivity index (χ3v) is 9.06. The molecule has 2 aliphatic rings. The van der Waals surface area contributed by atoms with Gasteiger partial charge in [0.25, 0.3) is 0 Å². The second-order valence-corrected chi connectivity index (χ2v) is 12.2. The largest absolute Gasteiger partial charge is 0.491 e. The predicted octanol–water partition coefficient (Wildman–Crippen LogP) is 6.04. The summed E-state index contributed by atoms with van der Waals surface area (Å²) in [6, 6.07) is 32.7. The second-order valence-electron chi connectivity index (χ2n) is 12.2. The fourth-order valence-electron chi connectivity index (χ4n) is 6.72. The molecule has 47 heavy (non-hydrogen) atoms. The first kappa shape index (κ1) is 32.3. The highest BCUT2D eigenvalue weighted by Crippen LogP contribution is 2.32. The molecule has 8 heteroatoms. The molecule has 2 unspecified atom stereocenters. The first-order valence-corrected chi connectivity index (χ1v) is 16.5. The van der Waals surface area contributed by atoms with Crippen LogP contribution in [0.5, 0.6) is 5.75 Å². The minimum atomic E-state index is -0.933. The van der Waals surface area contributed by atoms with Crippen LogP contribution in [0.2, 0.25) is 0 Å². The van der Waals surface area contributed by atoms with Crippen LogP contribution in [0.3, 0.4) is 0 Å². The van der Waals surface area contributed by atoms with E-state index in [2.05, 4.69) is 34.1 Å². The van der Waals surface area contributed by atoms with Gasteiger partial charge >= 0.3 is 6.09 Å². The summed E-state index contributed by atoms with van der Waals surface area (Å²) in [5.41, 5.74) is 6.25. The quantitative estimate of drug-likeness (QED) is 0.176. The molecule has 0 saturated carbocycles. The van der Waals surface area contributed by atoms with Gasteiger partial charge in [0.05, 0.1) is 13.2 Å². The smallest absolute Gasteiger partial charge is 0.407 e. The monoisotopic (exact) mass is 633 g/mol. The molecular formula is C39H43N3O5. The fourth-order valence-corrected chi connectivity index (χ4v) is 6.72. The van der Waals surface area contributed by atoms with Gasteiger partial charge in [0, 0.05) is 24.7 Å². The maximum Gasteiger partial charge on any atom is 0.407 e. The number of hydrogen-bond donors (Lipinski definition) is 3. The maximum absolute atomic E-state index is 14.1. The maximum atomic E-state index is 14.1. The van der Waals surface area contributed by atoms with E-state index in [0.717, 1.165) is 54.8 Å². The molecule has 244 valence electrons. The zero-order chi connectivity index (χ0) is 32.4. The SMILES string of the molecule is COC(=O)NC(C(=O)Nc1ccccc1CCC1CNC[C@@H](COc2cccc3c2CCC3)O1)C(c1ccccc1)c1ccccc1. The van der Waals surface area contributed by atoms with E-state index in [9.17, 15) is 9.59 Å². The van der Waals surface area contributed by atoms with Crippen molar-refractivity contribution in [3.8, 4) is 5.75 Å². The van der Waals surface area contributed by atoms with Gasteiger partial charge in [-0.25, -0.2) is 4.79 Å². The Kier molecular flexibility index (Phi) is 10.8. The van der Waals surface area contributed by atoms with Crippen LogP contribution in [0.25, 0.3) is 0 Å². The van der Waals surface area contributed by atoms with Gasteiger partial charge in [-0.05, 0) is 72.1 Å². The molecule has 1 aliphatic carbocycles. The van der Waals surface area contributed by atoms with Crippen molar-refractivity contribution in [2.24, 2.45) is 0 Å². The van der Waals surface area contributed by atoms with E-state index in [1.165, 1.54) is 24.7 Å². The van der Waals surface area contributed by atoms with E-state index < -0.39 is 18.1 Å². The van der Waals surface area contributed by atoms with Crippen molar-refractivity contribution < 1.29 is 23.8 Å². The molecule has 6 rings (SSSR count). The average molecular weight is 634 g/mol. The lowest BCUT2D eigenvalue weighted by atomic mass is 9.84. The molecule has 3 N–H and O–H groups in total. The summed E-state index contributed by atoms with van der Waals surface area (Å²) in [7, 11) is 1.30. The molecular weight excluding hydrogens is 590 g/mol. The van der Waals surface area contributed by atoms with Crippen LogP contribution in [0.4, 0.5) is 10.5 Å². The third-order valence-electron chi connectivity index (χ3n) is 9.06. The number of fused-ring (bicyclic) bond motifs is 1. The molecule has 1 fully saturated rings. The normalized spacial score (nSPS) is 17.8. The molecule has 1 heterocycles. The van der Waals surface area contributed by atoms with Gasteiger partial charge in [-0.3, -0.25) is 4.79 Å². The van der Waals surface area contributed by atoms with Crippen molar-refractivity contribution in [3.05, 3.63) is 131 Å². The molecule has 1 aliphatic heterocycles. The van der Waals surface area contributed by atoms with E-state index >= 15 is 0 Å². The number of aryl methyl sites for hydroxylation is 2. The number of amides is 2. The summed E-state index contributed by atoms with van der Waals surface area (Å²) in [6.07, 6.45) is 4.16. The van der Waals surface area contributed by atoms with Crippen molar-refractivity contribution in [3.63, 3.8) is 0 Å². The number of para-hydroxylation sites is 1. The topological polar surface area (TPSA) is 97.9 Å². The van der Waals surface area contributed by atoms with Gasteiger partial charge in [0.2, 0.25) is 5.91 Å². The summed E-state index contributed by atoms with van der Waals surface area (Å²) in [5.74, 6) is 0.208. The van der Waals surface area contributed by atoms with Crippen LogP contribution in [-0.2, 0) is 33.5 Å². The highest BCUT2D eigenvalue weighted by molar-refractivity contribution is 5.98. The Morgan fingerprint density at radius 2 is 1.55 bits per heavy atom. The third kappa shape index (κ3) is 8.20. The van der Waals surface area contributed by atoms with Crippen LogP contribution in [0.1, 0.15) is 46.6 Å². The van der Waals surface area contributed by atoms with Crippen LogP contribution in [0, 0.1) is 0 Å². The molecule has 0 bridgehead atoms. The number of carbonyl (C=O) groups excluding carboxylic acids is 2. The average Bonchev–Trinajstić information content (AvgIpc) is 3.61. The minimum Gasteiger partial charge on any atom is -0.491 e. The Labute approximate surface area is 276 Å². The van der Waals surface area contributed by atoms with Crippen LogP contribution >= 0.6 is 0 Å². The minimum absolute atomic E-state index is 0.0110. The van der Waals surface area contributed by atoms with Crippen LogP contribution in [-0.4, -0.2) is 57.1 Å². The number of carbonyl (C=O) groups is 2. The van der Waals surface area contributed by atoms with Crippen molar-refractivity contribution >= 4 is 17.7 Å². The number of alkyl carbamates (subject to hydrolysis) is 1. The first-order valence-electron chi connectivity index (χ1n) is 16.5. The van der Waals surface area contributed by atoms with Crippen molar-refractivity contribution in [2.45, 2.75) is 56.3 Å². The van der Waals surface area contributed by atoms with Crippen molar-refractivity contribution in [1.29, 1.82) is 0 Å². The highest BCUT2D eigenvalue weighted by Gasteiger charge is 2.33. The van der Waals surface area contributed by atoms with Gasteiger partial charge in [-0.2, -0.15) is 0 Å². The highest BCUT2D eigenvalue weighted by atomic mass is 16.5. The van der Waals surface area contributed by atoms with E-state index in [4.69, 9.17) is 14.2 Å². The number of morpholine rings is 1. The first-order chi connectivity index (χ1) is 23.1. The van der Waals surface area contributed by atoms with Crippen molar-refractivity contribution in [1.82, 2.24) is 10.6 Å². The Hall–Kier alpha value is -4.66. The Balaban J connectivity index is 1.12.